The summed E-state index contributed by atoms with van der Waals surface area (Å²) in [5.41, 5.74) is 3.57. The van der Waals surface area contributed by atoms with E-state index in [1.165, 1.54) is 0 Å². The summed E-state index contributed by atoms with van der Waals surface area (Å²) in [7, 11) is 0. The van der Waals surface area contributed by atoms with Crippen molar-refractivity contribution in [3.8, 4) is 11.1 Å². The maximum atomic E-state index is 13.9. The smallest absolute Gasteiger partial charge is 0.307 e. The van der Waals surface area contributed by atoms with Crippen LogP contribution in [-0.2, 0) is 32.0 Å². The number of esters is 1. The Labute approximate surface area is 219 Å². The molecule has 0 saturated carbocycles. The predicted octanol–water partition coefficient (Wildman–Crippen LogP) is 5.42. The van der Waals surface area contributed by atoms with Gasteiger partial charge in [0, 0.05) is 12.5 Å². The van der Waals surface area contributed by atoms with Gasteiger partial charge in [-0.2, -0.15) is 0 Å². The number of ether oxygens (including phenoxy) is 1. The van der Waals surface area contributed by atoms with Crippen molar-refractivity contribution in [3.63, 3.8) is 0 Å². The van der Waals surface area contributed by atoms with Crippen LogP contribution in [0.25, 0.3) is 11.1 Å². The van der Waals surface area contributed by atoms with Crippen molar-refractivity contribution in [2.75, 3.05) is 6.54 Å². The third kappa shape index (κ3) is 7.16. The third-order valence-electron chi connectivity index (χ3n) is 6.72. The third-order valence-corrected chi connectivity index (χ3v) is 6.72. The second-order valence-electron chi connectivity index (χ2n) is 10.8. The van der Waals surface area contributed by atoms with Gasteiger partial charge in [-0.1, -0.05) is 84.9 Å². The lowest BCUT2D eigenvalue weighted by atomic mass is 9.79. The molecule has 37 heavy (non-hydrogen) atoms. The fourth-order valence-electron chi connectivity index (χ4n) is 5.00. The van der Waals surface area contributed by atoms with E-state index in [0.717, 1.165) is 22.3 Å². The highest BCUT2D eigenvalue weighted by Crippen LogP contribution is 2.30. The van der Waals surface area contributed by atoms with Crippen LogP contribution in [0.5, 0.6) is 0 Å². The molecular weight excluding hydrogens is 462 g/mol. The topological polar surface area (TPSA) is 72.5 Å². The van der Waals surface area contributed by atoms with Gasteiger partial charge >= 0.3 is 5.97 Å². The Morgan fingerprint density at radius 1 is 0.865 bits per heavy atom. The molecule has 1 fully saturated rings. The number of nitrogens with one attached hydrogen (secondary N) is 1. The summed E-state index contributed by atoms with van der Waals surface area (Å²) < 4.78 is 5.55. The highest BCUT2D eigenvalue weighted by Gasteiger charge is 2.43. The van der Waals surface area contributed by atoms with E-state index in [1.807, 2.05) is 93.6 Å². The minimum atomic E-state index is -0.781. The maximum Gasteiger partial charge on any atom is 0.307 e. The minimum Gasteiger partial charge on any atom is -0.460 e. The van der Waals surface area contributed by atoms with Crippen LogP contribution >= 0.6 is 0 Å². The highest BCUT2D eigenvalue weighted by molar-refractivity contribution is 6.05. The molecule has 3 atom stereocenters. The average molecular weight is 498 g/mol. The zero-order valence-electron chi connectivity index (χ0n) is 21.8. The molecule has 3 aromatic rings. The first-order chi connectivity index (χ1) is 17.7. The maximum absolute atomic E-state index is 13.9. The van der Waals surface area contributed by atoms with E-state index < -0.39 is 23.4 Å². The van der Waals surface area contributed by atoms with Gasteiger partial charge in [-0.15, -0.1) is 0 Å². The normalized spacial score (nSPS) is 18.2. The summed E-state index contributed by atoms with van der Waals surface area (Å²) in [6.07, 6.45) is 0.939. The van der Waals surface area contributed by atoms with E-state index in [2.05, 4.69) is 17.4 Å². The molecule has 1 saturated heterocycles. The quantitative estimate of drug-likeness (QED) is 0.317. The lowest BCUT2D eigenvalue weighted by Gasteiger charge is -2.24. The van der Waals surface area contributed by atoms with Crippen LogP contribution in [-0.4, -0.2) is 29.8 Å². The van der Waals surface area contributed by atoms with E-state index >= 15 is 0 Å². The summed E-state index contributed by atoms with van der Waals surface area (Å²) >= 11 is 0. The monoisotopic (exact) mass is 497 g/mol. The average Bonchev–Trinajstić information content (AvgIpc) is 3.23. The molecule has 1 N–H and O–H groups in total. The molecule has 1 aliphatic heterocycles. The zero-order valence-corrected chi connectivity index (χ0v) is 21.8. The Balaban J connectivity index is 1.55. The van der Waals surface area contributed by atoms with E-state index in [-0.39, 0.29) is 24.0 Å². The van der Waals surface area contributed by atoms with Gasteiger partial charge in [0.25, 0.3) is 0 Å². The number of ketones is 1. The molecule has 0 bridgehead atoms. The molecule has 0 aliphatic carbocycles. The summed E-state index contributed by atoms with van der Waals surface area (Å²) in [6, 6.07) is 28.0. The second-order valence-corrected chi connectivity index (χ2v) is 10.8. The number of carbonyl (C=O) groups is 3. The first-order valence-corrected chi connectivity index (χ1v) is 12.9. The minimum absolute atomic E-state index is 0.0572. The molecule has 3 aromatic carbocycles. The fourth-order valence-corrected chi connectivity index (χ4v) is 5.00. The van der Waals surface area contributed by atoms with Crippen LogP contribution in [0.1, 0.15) is 38.3 Å². The van der Waals surface area contributed by atoms with Gasteiger partial charge in [0.15, 0.2) is 0 Å². The second kappa shape index (κ2) is 11.5. The van der Waals surface area contributed by atoms with Crippen molar-refractivity contribution in [3.05, 3.63) is 96.1 Å². The first kappa shape index (κ1) is 26.3. The van der Waals surface area contributed by atoms with Crippen LogP contribution in [0, 0.1) is 17.8 Å². The number of hydrogen-bond donors (Lipinski definition) is 1. The van der Waals surface area contributed by atoms with Gasteiger partial charge in [0.05, 0.1) is 6.42 Å². The van der Waals surface area contributed by atoms with E-state index in [4.69, 9.17) is 4.74 Å². The Kier molecular flexibility index (Phi) is 8.22. The highest BCUT2D eigenvalue weighted by atomic mass is 16.6. The van der Waals surface area contributed by atoms with E-state index in [9.17, 15) is 14.4 Å². The number of rotatable bonds is 9. The molecular formula is C32H35NO4. The van der Waals surface area contributed by atoms with Gasteiger partial charge in [0.1, 0.15) is 17.3 Å². The molecule has 4 rings (SSSR count). The SMILES string of the molecule is CC(C)(C)OC(=O)C[C@@H](Cc1ccc(-c2ccccc2)cc1)C(=O)[C@H]1C(=O)NCC1Cc1ccccc1. The lowest BCUT2D eigenvalue weighted by molar-refractivity contribution is -0.158. The van der Waals surface area contributed by atoms with Crippen molar-refractivity contribution >= 4 is 17.7 Å². The van der Waals surface area contributed by atoms with Crippen molar-refractivity contribution in [1.82, 2.24) is 5.32 Å². The number of amides is 1. The molecule has 1 aliphatic rings. The zero-order chi connectivity index (χ0) is 26.4. The first-order valence-electron chi connectivity index (χ1n) is 12.9. The fraction of sp³-hybridized carbons (Fsp3) is 0.344. The van der Waals surface area contributed by atoms with Crippen molar-refractivity contribution < 1.29 is 19.1 Å². The Hall–Kier alpha value is -3.73. The number of hydrogen-bond acceptors (Lipinski definition) is 4. The largest absolute Gasteiger partial charge is 0.460 e. The van der Waals surface area contributed by atoms with Crippen LogP contribution in [0.15, 0.2) is 84.9 Å². The number of benzene rings is 3. The molecule has 1 amide bonds. The number of Topliss-reactive ketones (excluding diaryl/α,β-unsaturated/α-hetero) is 1. The van der Waals surface area contributed by atoms with Crippen LogP contribution in [0.4, 0.5) is 0 Å². The van der Waals surface area contributed by atoms with Crippen LogP contribution in [0.2, 0.25) is 0 Å². The van der Waals surface area contributed by atoms with Gasteiger partial charge in [0.2, 0.25) is 5.91 Å². The predicted molar refractivity (Wildman–Crippen MR) is 145 cm³/mol. The molecule has 1 heterocycles. The van der Waals surface area contributed by atoms with Gasteiger partial charge in [-0.3, -0.25) is 14.4 Å². The molecule has 192 valence electrons. The Bertz CT molecular complexity index is 1210. The summed E-state index contributed by atoms with van der Waals surface area (Å²) in [5.74, 6) is -2.44. The summed E-state index contributed by atoms with van der Waals surface area (Å²) in [4.78, 5) is 39.5. The summed E-state index contributed by atoms with van der Waals surface area (Å²) in [6.45, 7) is 5.88. The molecule has 5 nitrogen and oxygen atoms in total. The lowest BCUT2D eigenvalue weighted by Crippen LogP contribution is -2.36. The molecule has 5 heteroatoms. The van der Waals surface area contributed by atoms with E-state index in [1.54, 1.807) is 0 Å². The van der Waals surface area contributed by atoms with Crippen LogP contribution < -0.4 is 5.32 Å². The van der Waals surface area contributed by atoms with Crippen LogP contribution in [0.3, 0.4) is 0 Å². The number of carbonyl (C=O) groups excluding carboxylic acids is 3. The molecule has 1 unspecified atom stereocenters. The van der Waals surface area contributed by atoms with Crippen molar-refractivity contribution in [2.24, 2.45) is 17.8 Å². The molecule has 0 spiro atoms. The Morgan fingerprint density at radius 2 is 1.46 bits per heavy atom. The van der Waals surface area contributed by atoms with Crippen molar-refractivity contribution in [2.45, 2.75) is 45.6 Å². The summed E-state index contributed by atoms with van der Waals surface area (Å²) in [5, 5.41) is 2.88. The molecule has 0 radical (unpaired) electrons. The van der Waals surface area contributed by atoms with Gasteiger partial charge in [-0.05, 0) is 61.8 Å². The Morgan fingerprint density at radius 3 is 2.08 bits per heavy atom. The standard InChI is InChI=1S/C32H35NO4/c1-32(2,3)37-28(34)20-26(18-23-14-16-25(17-15-23)24-12-8-5-9-13-24)30(35)29-27(21-33-31(29)36)19-22-10-6-4-7-11-22/h4-17,26-27,29H,18-21H2,1-3H3,(H,33,36)/t26-,27?,29+/m1/s1. The van der Waals surface area contributed by atoms with Gasteiger partial charge in [-0.25, -0.2) is 0 Å². The molecule has 0 aromatic heterocycles. The van der Waals surface area contributed by atoms with Crippen molar-refractivity contribution in [1.29, 1.82) is 0 Å². The van der Waals surface area contributed by atoms with E-state index in [0.29, 0.717) is 19.4 Å². The van der Waals surface area contributed by atoms with Gasteiger partial charge < -0.3 is 10.1 Å².